The first-order valence-electron chi connectivity index (χ1n) is 9.39. The monoisotopic (exact) mass is 372 g/mol. The third-order valence-electron chi connectivity index (χ3n) is 4.57. The van der Waals surface area contributed by atoms with Gasteiger partial charge >= 0.3 is 0 Å². The molecule has 1 aromatic heterocycles. The molecule has 2 rings (SSSR count). The lowest BCUT2D eigenvalue weighted by Gasteiger charge is -2.21. The van der Waals surface area contributed by atoms with Crippen LogP contribution < -0.4 is 14.8 Å². The van der Waals surface area contributed by atoms with Crippen LogP contribution in [-0.4, -0.2) is 57.2 Å². The van der Waals surface area contributed by atoms with Gasteiger partial charge in [0, 0.05) is 50.4 Å². The van der Waals surface area contributed by atoms with Gasteiger partial charge in [0.25, 0.3) is 0 Å². The number of H-pyrrole nitrogens is 1. The molecule has 0 unspecified atom stereocenters. The van der Waals surface area contributed by atoms with Crippen molar-refractivity contribution < 1.29 is 9.47 Å². The summed E-state index contributed by atoms with van der Waals surface area (Å²) in [6.45, 7) is 5.60. The fourth-order valence-corrected chi connectivity index (χ4v) is 3.10. The highest BCUT2D eigenvalue weighted by atomic mass is 16.5. The highest BCUT2D eigenvalue weighted by molar-refractivity contribution is 5.88. The van der Waals surface area contributed by atoms with Crippen molar-refractivity contribution in [1.82, 2.24) is 15.2 Å². The molecule has 0 aliphatic carbocycles. The minimum absolute atomic E-state index is 0.790. The average Bonchev–Trinajstić information content (AvgIpc) is 3.10. The molecule has 148 valence electrons. The third kappa shape index (κ3) is 5.67. The summed E-state index contributed by atoms with van der Waals surface area (Å²) in [5, 5.41) is 4.51. The van der Waals surface area contributed by atoms with Gasteiger partial charge < -0.3 is 24.7 Å². The van der Waals surface area contributed by atoms with E-state index in [1.165, 1.54) is 5.69 Å². The zero-order valence-electron chi connectivity index (χ0n) is 17.0. The molecule has 0 spiro atoms. The Morgan fingerprint density at radius 3 is 2.74 bits per heavy atom. The van der Waals surface area contributed by atoms with Crippen LogP contribution in [0.4, 0.5) is 0 Å². The van der Waals surface area contributed by atoms with E-state index in [1.54, 1.807) is 14.2 Å². The van der Waals surface area contributed by atoms with E-state index in [2.05, 4.69) is 39.9 Å². The van der Waals surface area contributed by atoms with Gasteiger partial charge in [0.05, 0.1) is 19.7 Å². The quantitative estimate of drug-likeness (QED) is 0.290. The first kappa shape index (κ1) is 20.7. The lowest BCUT2D eigenvalue weighted by molar-refractivity contribution is 0.398. The molecule has 0 saturated heterocycles. The predicted molar refractivity (Wildman–Crippen MR) is 113 cm³/mol. The molecule has 1 aromatic carbocycles. The van der Waals surface area contributed by atoms with Crippen LogP contribution in [0, 0.1) is 0 Å². The lowest BCUT2D eigenvalue weighted by Crippen LogP contribution is -2.39. The number of rotatable bonds is 10. The van der Waals surface area contributed by atoms with Crippen molar-refractivity contribution in [3.63, 3.8) is 0 Å². The second-order valence-corrected chi connectivity index (χ2v) is 6.52. The van der Waals surface area contributed by atoms with Crippen molar-refractivity contribution in [3.8, 4) is 11.5 Å². The van der Waals surface area contributed by atoms with E-state index in [4.69, 9.17) is 9.47 Å². The molecule has 2 aromatic rings. The van der Waals surface area contributed by atoms with Crippen LogP contribution in [0.1, 0.15) is 25.0 Å². The number of aryl methyl sites for hydroxylation is 1. The van der Waals surface area contributed by atoms with Gasteiger partial charge in [-0.1, -0.05) is 6.08 Å². The third-order valence-corrected chi connectivity index (χ3v) is 4.57. The Morgan fingerprint density at radius 2 is 2.07 bits per heavy atom. The highest BCUT2D eigenvalue weighted by Gasteiger charge is 2.09. The maximum Gasteiger partial charge on any atom is 0.193 e. The fraction of sp³-hybridized carbons (Fsp3) is 0.476. The van der Waals surface area contributed by atoms with Crippen LogP contribution in [0.25, 0.3) is 10.9 Å². The zero-order valence-corrected chi connectivity index (χ0v) is 17.0. The summed E-state index contributed by atoms with van der Waals surface area (Å²) in [5.41, 5.74) is 2.22. The van der Waals surface area contributed by atoms with Crippen LogP contribution in [0.2, 0.25) is 0 Å². The summed E-state index contributed by atoms with van der Waals surface area (Å²) in [7, 11) is 7.23. The summed E-state index contributed by atoms with van der Waals surface area (Å²) in [6.07, 6.45) is 6.02. The van der Waals surface area contributed by atoms with Gasteiger partial charge in [0.15, 0.2) is 5.96 Å². The number of nitrogens with one attached hydrogen (secondary N) is 2. The average molecular weight is 373 g/mol. The first-order chi connectivity index (χ1) is 13.1. The van der Waals surface area contributed by atoms with Crippen LogP contribution in [0.5, 0.6) is 11.5 Å². The molecule has 0 atom stereocenters. The topological polar surface area (TPSA) is 61.9 Å². The maximum absolute atomic E-state index is 5.48. The van der Waals surface area contributed by atoms with Crippen LogP contribution in [0.3, 0.4) is 0 Å². The van der Waals surface area contributed by atoms with E-state index >= 15 is 0 Å². The molecule has 0 aliphatic heterocycles. The fourth-order valence-electron chi connectivity index (χ4n) is 3.10. The summed E-state index contributed by atoms with van der Waals surface area (Å²) >= 11 is 0. The molecule has 0 radical (unpaired) electrons. The molecule has 6 heteroatoms. The summed E-state index contributed by atoms with van der Waals surface area (Å²) in [5.74, 6) is 2.55. The Morgan fingerprint density at radius 1 is 1.26 bits per heavy atom. The van der Waals surface area contributed by atoms with Crippen molar-refractivity contribution in [2.75, 3.05) is 41.4 Å². The summed E-state index contributed by atoms with van der Waals surface area (Å²) < 4.78 is 10.8. The Balaban J connectivity index is 1.88. The molecule has 0 saturated carbocycles. The van der Waals surface area contributed by atoms with Crippen molar-refractivity contribution in [2.24, 2.45) is 4.99 Å². The van der Waals surface area contributed by atoms with Crippen LogP contribution in [0.15, 0.2) is 35.8 Å². The Hall–Kier alpha value is -2.63. The number of nitrogens with zero attached hydrogens (tertiary/aromatic N) is 2. The van der Waals surface area contributed by atoms with Crippen LogP contribution >= 0.6 is 0 Å². The number of benzene rings is 1. The number of hydrogen-bond acceptors (Lipinski definition) is 3. The second-order valence-electron chi connectivity index (χ2n) is 6.52. The minimum Gasteiger partial charge on any atom is -0.497 e. The van der Waals surface area contributed by atoms with Crippen molar-refractivity contribution in [2.45, 2.75) is 25.7 Å². The van der Waals surface area contributed by atoms with E-state index in [-0.39, 0.29) is 0 Å². The number of aromatic nitrogens is 1. The highest BCUT2D eigenvalue weighted by Crippen LogP contribution is 2.31. The second kappa shape index (κ2) is 10.5. The van der Waals surface area contributed by atoms with E-state index in [1.807, 2.05) is 25.3 Å². The number of guanidine groups is 1. The molecule has 6 nitrogen and oxygen atoms in total. The van der Waals surface area contributed by atoms with Crippen LogP contribution in [-0.2, 0) is 6.42 Å². The molecule has 27 heavy (non-hydrogen) atoms. The standard InChI is InChI=1S/C21H32N4O2/c1-6-7-8-12-25(3)21(22-2)23-11-9-10-16-13-18-19(24-16)14-17(26-4)15-20(18)27-5/h6,13-15,24H,1,7-12H2,2-5H3,(H,22,23). The minimum atomic E-state index is 0.790. The van der Waals surface area contributed by atoms with E-state index < -0.39 is 0 Å². The van der Waals surface area contributed by atoms with Gasteiger partial charge in [-0.15, -0.1) is 6.58 Å². The van der Waals surface area contributed by atoms with Crippen molar-refractivity contribution in [1.29, 1.82) is 0 Å². The maximum atomic E-state index is 5.48. The SMILES string of the molecule is C=CCCCN(C)C(=NC)NCCCc1cc2c(OC)cc(OC)cc2[nH]1. The Kier molecular flexibility index (Phi) is 8.04. The first-order valence-corrected chi connectivity index (χ1v) is 9.39. The lowest BCUT2D eigenvalue weighted by atomic mass is 10.2. The number of hydrogen-bond donors (Lipinski definition) is 2. The Labute approximate surface area is 162 Å². The van der Waals surface area contributed by atoms with Crippen molar-refractivity contribution in [3.05, 3.63) is 36.5 Å². The number of ether oxygens (including phenoxy) is 2. The molecule has 0 amide bonds. The molecule has 0 aliphatic rings. The molecule has 0 fully saturated rings. The predicted octanol–water partition coefficient (Wildman–Crippen LogP) is 3.59. The zero-order chi connectivity index (χ0) is 19.6. The molecule has 0 bridgehead atoms. The number of aliphatic imine (C=N–C) groups is 1. The van der Waals surface area contributed by atoms with E-state index in [9.17, 15) is 0 Å². The van der Waals surface area contributed by atoms with Gasteiger partial charge in [0.2, 0.25) is 0 Å². The van der Waals surface area contributed by atoms with E-state index in [0.29, 0.717) is 0 Å². The number of aromatic amines is 1. The van der Waals surface area contributed by atoms with Gasteiger partial charge in [-0.25, -0.2) is 0 Å². The van der Waals surface area contributed by atoms with Gasteiger partial charge in [0.1, 0.15) is 11.5 Å². The summed E-state index contributed by atoms with van der Waals surface area (Å²) in [6, 6.07) is 6.07. The number of fused-ring (bicyclic) bond motifs is 1. The number of unbranched alkanes of at least 4 members (excludes halogenated alkanes) is 1. The van der Waals surface area contributed by atoms with Gasteiger partial charge in [-0.05, 0) is 31.7 Å². The van der Waals surface area contributed by atoms with Gasteiger partial charge in [-0.2, -0.15) is 0 Å². The van der Waals surface area contributed by atoms with Crippen molar-refractivity contribution >= 4 is 16.9 Å². The van der Waals surface area contributed by atoms with Gasteiger partial charge in [-0.3, -0.25) is 4.99 Å². The smallest absolute Gasteiger partial charge is 0.193 e. The summed E-state index contributed by atoms with van der Waals surface area (Å²) in [4.78, 5) is 9.98. The van der Waals surface area contributed by atoms with E-state index in [0.717, 1.165) is 67.1 Å². The number of methoxy groups -OCH3 is 2. The number of allylic oxidation sites excluding steroid dienone is 1. The Bertz CT molecular complexity index is 767. The molecular weight excluding hydrogens is 340 g/mol. The largest absolute Gasteiger partial charge is 0.497 e. The normalized spacial score (nSPS) is 11.5. The molecule has 2 N–H and O–H groups in total. The molecule has 1 heterocycles. The molecular formula is C21H32N4O2.